The molecule has 1 saturated heterocycles. The topological polar surface area (TPSA) is 133 Å². The summed E-state index contributed by atoms with van der Waals surface area (Å²) in [5.41, 5.74) is -1.58. The molecule has 3 heterocycles. The molecule has 0 bridgehead atoms. The Bertz CT molecular complexity index is 1500. The third-order valence-electron chi connectivity index (χ3n) is 7.42. The Balaban J connectivity index is 1.34. The summed E-state index contributed by atoms with van der Waals surface area (Å²) >= 11 is 0. The van der Waals surface area contributed by atoms with E-state index < -0.39 is 40.7 Å². The van der Waals surface area contributed by atoms with E-state index in [1.54, 1.807) is 56.9 Å². The Hall–Kier alpha value is -4.75. The summed E-state index contributed by atoms with van der Waals surface area (Å²) in [7, 11) is 0. The molecule has 2 aliphatic heterocycles. The van der Waals surface area contributed by atoms with Gasteiger partial charge in [-0.15, -0.1) is 5.10 Å². The van der Waals surface area contributed by atoms with E-state index in [1.807, 2.05) is 0 Å². The number of rotatable bonds is 9. The summed E-state index contributed by atoms with van der Waals surface area (Å²) < 4.78 is 35.8. The molecule has 13 nitrogen and oxygen atoms in total. The van der Waals surface area contributed by atoms with Gasteiger partial charge in [-0.05, 0) is 68.5 Å². The first-order valence-corrected chi connectivity index (χ1v) is 13.6. The second-order valence-electron chi connectivity index (χ2n) is 11.5. The van der Waals surface area contributed by atoms with Crippen LogP contribution in [0.4, 0.5) is 19.3 Å². The number of urea groups is 1. The highest BCUT2D eigenvalue weighted by Gasteiger charge is 2.48. The molecule has 2 aromatic carbocycles. The van der Waals surface area contributed by atoms with Crippen molar-refractivity contribution < 1.29 is 28.2 Å². The number of nitrogens with zero attached hydrogens (tertiary/aromatic N) is 9. The molecule has 3 aromatic rings. The average molecular weight is 597 g/mol. The number of esters is 1. The van der Waals surface area contributed by atoms with Gasteiger partial charge in [0.2, 0.25) is 6.73 Å². The van der Waals surface area contributed by atoms with E-state index >= 15 is 4.39 Å². The molecule has 0 saturated carbocycles. The molecule has 2 aliphatic rings. The maximum atomic E-state index is 15.2. The van der Waals surface area contributed by atoms with Crippen molar-refractivity contribution >= 4 is 24.0 Å². The van der Waals surface area contributed by atoms with Crippen molar-refractivity contribution in [2.24, 2.45) is 10.5 Å². The van der Waals surface area contributed by atoms with Crippen LogP contribution in [-0.4, -0.2) is 97.5 Å². The highest BCUT2D eigenvalue weighted by molar-refractivity contribution is 5.94. The number of carbonyl (C=O) groups is 2. The summed E-state index contributed by atoms with van der Waals surface area (Å²) in [4.78, 5) is 30.3. The molecule has 15 heteroatoms. The van der Waals surface area contributed by atoms with Crippen molar-refractivity contribution in [1.29, 1.82) is 0 Å². The van der Waals surface area contributed by atoms with Crippen molar-refractivity contribution in [2.75, 3.05) is 37.9 Å². The minimum absolute atomic E-state index is 0.0724. The minimum atomic E-state index is -2.02. The van der Waals surface area contributed by atoms with Crippen LogP contribution in [-0.2, 0) is 15.1 Å². The number of hydrogen-bond acceptors (Lipinski definition) is 10. The first-order valence-electron chi connectivity index (χ1n) is 13.6. The van der Waals surface area contributed by atoms with Crippen LogP contribution in [0.3, 0.4) is 0 Å². The first-order chi connectivity index (χ1) is 20.4. The van der Waals surface area contributed by atoms with Crippen LogP contribution in [0, 0.1) is 17.0 Å². The van der Waals surface area contributed by atoms with E-state index in [1.165, 1.54) is 31.9 Å². The molecule has 2 atom stereocenters. The highest BCUT2D eigenvalue weighted by Crippen LogP contribution is 2.35. The van der Waals surface area contributed by atoms with E-state index in [0.717, 1.165) is 6.07 Å². The predicted molar refractivity (Wildman–Crippen MR) is 150 cm³/mol. The zero-order valence-corrected chi connectivity index (χ0v) is 24.2. The Morgan fingerprint density at radius 1 is 1.12 bits per heavy atom. The van der Waals surface area contributed by atoms with Crippen LogP contribution < -0.4 is 4.90 Å². The number of aromatic nitrogens is 4. The Labute approximate surface area is 246 Å². The Morgan fingerprint density at radius 2 is 1.84 bits per heavy atom. The highest BCUT2D eigenvalue weighted by atomic mass is 19.1. The van der Waals surface area contributed by atoms with Gasteiger partial charge in [0, 0.05) is 30.4 Å². The van der Waals surface area contributed by atoms with Gasteiger partial charge in [-0.1, -0.05) is 11.0 Å². The van der Waals surface area contributed by atoms with E-state index in [4.69, 9.17) is 4.74 Å². The Morgan fingerprint density at radius 3 is 2.49 bits per heavy atom. The number of tetrazole rings is 1. The summed E-state index contributed by atoms with van der Waals surface area (Å²) in [6.45, 7) is 7.04. The molecule has 5 rings (SSSR count). The van der Waals surface area contributed by atoms with E-state index in [9.17, 15) is 19.1 Å². The smallest absolute Gasteiger partial charge is 0.440 e. The van der Waals surface area contributed by atoms with Crippen molar-refractivity contribution in [3.05, 3.63) is 66.0 Å². The second-order valence-corrected chi connectivity index (χ2v) is 11.5. The molecule has 226 valence electrons. The fourth-order valence-electron chi connectivity index (χ4n) is 4.93. The summed E-state index contributed by atoms with van der Waals surface area (Å²) in [6, 6.07) is 8.60. The molecule has 0 spiro atoms. The standard InChI is InChI=1S/C28H32F2N9O4/c1-19(37-11-12-38(26(37)41)21-6-8-22(9-7-21)39-15-31-33-34-39)28(42,23-10-5-20(29)13-24(23)30)14-36-17-35(16-32-36)18-43-25(40)27(2,3)4/h5-10,13,15,19,42H,11-12,14,17-18H2,1-4H3/q+1/t19-,28+/m1/s1. The molecule has 43 heavy (non-hydrogen) atoms. The SMILES string of the molecule is C[C@@H](N1CCN(c2ccc(-n3cnnn3)cc2)C1=O)[C@@](O)(CN1CN(COC(=O)C(C)(C)C)[C+]=N1)c1ccc(F)cc1F. The first kappa shape index (κ1) is 29.7. The zero-order chi connectivity index (χ0) is 30.9. The number of amides is 2. The molecular weight excluding hydrogens is 564 g/mol. The average Bonchev–Trinajstić information content (AvgIpc) is 3.73. The number of β-amino-alcohol motifs (C(OH)–C–C–N with tert-alkyl or cyclic N) is 1. The van der Waals surface area contributed by atoms with Crippen LogP contribution in [0.2, 0.25) is 0 Å². The molecule has 1 N–H and O–H groups in total. The van der Waals surface area contributed by atoms with Crippen LogP contribution in [0.1, 0.15) is 33.3 Å². The number of benzene rings is 2. The van der Waals surface area contributed by atoms with Gasteiger partial charge in [-0.25, -0.2) is 23.3 Å². The lowest BCUT2D eigenvalue weighted by Gasteiger charge is -2.40. The van der Waals surface area contributed by atoms with Gasteiger partial charge in [0.05, 0.1) is 23.7 Å². The number of carbonyl (C=O) groups excluding carboxylic acids is 2. The van der Waals surface area contributed by atoms with E-state index in [0.29, 0.717) is 24.0 Å². The van der Waals surface area contributed by atoms with Crippen molar-refractivity contribution in [2.45, 2.75) is 39.3 Å². The zero-order valence-electron chi connectivity index (χ0n) is 24.2. The maximum Gasteiger partial charge on any atom is 0.547 e. The third kappa shape index (κ3) is 6.08. The lowest BCUT2D eigenvalue weighted by Crippen LogP contribution is -2.55. The van der Waals surface area contributed by atoms with Crippen LogP contribution in [0.15, 0.2) is 53.9 Å². The molecule has 0 aliphatic carbocycles. The van der Waals surface area contributed by atoms with Gasteiger partial charge >= 0.3 is 18.3 Å². The molecule has 0 unspecified atom stereocenters. The van der Waals surface area contributed by atoms with E-state index in [2.05, 4.69) is 27.0 Å². The van der Waals surface area contributed by atoms with Crippen LogP contribution in [0.25, 0.3) is 5.69 Å². The number of aliphatic hydroxyl groups is 1. The summed E-state index contributed by atoms with van der Waals surface area (Å²) in [6.07, 6.45) is 4.16. The molecular formula is C28H32F2N9O4+. The van der Waals surface area contributed by atoms with Gasteiger partial charge in [0.1, 0.15) is 28.7 Å². The fraction of sp³-hybridized carbons (Fsp3) is 0.429. The molecule has 0 radical (unpaired) electrons. The van der Waals surface area contributed by atoms with Gasteiger partial charge in [-0.2, -0.15) is 0 Å². The number of halogens is 2. The quantitative estimate of drug-likeness (QED) is 0.292. The lowest BCUT2D eigenvalue weighted by molar-refractivity contribution is -0.156. The fourth-order valence-corrected chi connectivity index (χ4v) is 4.93. The number of ether oxygens (including phenoxy) is 1. The number of hydrogen-bond donors (Lipinski definition) is 1. The Kier molecular flexibility index (Phi) is 7.95. The second kappa shape index (κ2) is 11.5. The normalized spacial score (nSPS) is 17.3. The van der Waals surface area contributed by atoms with Gasteiger partial charge in [0.25, 0.3) is 0 Å². The molecule has 2 amide bonds. The van der Waals surface area contributed by atoms with Crippen LogP contribution >= 0.6 is 0 Å². The van der Waals surface area contributed by atoms with Gasteiger partial charge in [0.15, 0.2) is 6.67 Å². The van der Waals surface area contributed by atoms with Crippen LogP contribution in [0.5, 0.6) is 0 Å². The minimum Gasteiger partial charge on any atom is -0.440 e. The van der Waals surface area contributed by atoms with Crippen molar-refractivity contribution in [3.8, 4) is 5.69 Å². The summed E-state index contributed by atoms with van der Waals surface area (Å²) in [5.74, 6) is -2.17. The maximum absolute atomic E-state index is 15.2. The molecule has 1 fully saturated rings. The van der Waals surface area contributed by atoms with Gasteiger partial charge < -0.3 is 14.7 Å². The van der Waals surface area contributed by atoms with Gasteiger partial charge in [-0.3, -0.25) is 9.69 Å². The lowest BCUT2D eigenvalue weighted by atomic mass is 9.85. The number of hydrazone groups is 1. The largest absolute Gasteiger partial charge is 0.547 e. The number of anilines is 1. The third-order valence-corrected chi connectivity index (χ3v) is 7.42. The monoisotopic (exact) mass is 596 g/mol. The predicted octanol–water partition coefficient (Wildman–Crippen LogP) is 2.40. The molecule has 1 aromatic heterocycles. The summed E-state index contributed by atoms with van der Waals surface area (Å²) in [5, 5.41) is 28.8. The van der Waals surface area contributed by atoms with E-state index in [-0.39, 0.29) is 32.1 Å². The van der Waals surface area contributed by atoms with Crippen molar-refractivity contribution in [3.63, 3.8) is 0 Å². The van der Waals surface area contributed by atoms with Crippen molar-refractivity contribution in [1.82, 2.24) is 35.0 Å².